The van der Waals surface area contributed by atoms with Crippen molar-refractivity contribution >= 4 is 40.6 Å². The van der Waals surface area contributed by atoms with E-state index in [-0.39, 0.29) is 17.9 Å². The highest BCUT2D eigenvalue weighted by Crippen LogP contribution is 2.27. The minimum atomic E-state index is -0.143. The number of amides is 2. The number of nitrogens with one attached hydrogen (secondary N) is 2. The molecule has 1 heterocycles. The van der Waals surface area contributed by atoms with Crippen molar-refractivity contribution in [3.63, 3.8) is 0 Å². The number of rotatable bonds is 9. The summed E-state index contributed by atoms with van der Waals surface area (Å²) in [6.07, 6.45) is 2.18. The molecular weight excluding hydrogens is 412 g/mol. The number of anilines is 1. The molecule has 0 bridgehead atoms. The first kappa shape index (κ1) is 22.1. The smallest absolute Gasteiger partial charge is 0.231 e. The Kier molecular flexibility index (Phi) is 8.11. The molecule has 2 N–H and O–H groups in total. The lowest BCUT2D eigenvalue weighted by Gasteiger charge is -2.18. The summed E-state index contributed by atoms with van der Waals surface area (Å²) < 4.78 is 0. The molecule has 1 atom stereocenters. The second-order valence-electron chi connectivity index (χ2n) is 7.00. The zero-order valence-corrected chi connectivity index (χ0v) is 18.8. The van der Waals surface area contributed by atoms with Crippen molar-refractivity contribution in [2.75, 3.05) is 11.1 Å². The highest BCUT2D eigenvalue weighted by Gasteiger charge is 2.18. The van der Waals surface area contributed by atoms with Gasteiger partial charge in [0, 0.05) is 22.4 Å². The Bertz CT molecular complexity index is 952. The van der Waals surface area contributed by atoms with E-state index in [9.17, 15) is 9.59 Å². The molecule has 1 aromatic heterocycles. The van der Waals surface area contributed by atoms with Crippen molar-refractivity contribution < 1.29 is 9.59 Å². The van der Waals surface area contributed by atoms with Crippen molar-refractivity contribution in [1.82, 2.24) is 5.32 Å². The predicted octanol–water partition coefficient (Wildman–Crippen LogP) is 5.66. The number of carbonyl (C=O) groups excluding carboxylic acids is 2. The fraction of sp³-hybridized carbons (Fsp3) is 0.250. The van der Waals surface area contributed by atoms with Crippen LogP contribution in [0.1, 0.15) is 42.3 Å². The van der Waals surface area contributed by atoms with Crippen molar-refractivity contribution in [2.24, 2.45) is 0 Å². The van der Waals surface area contributed by atoms with E-state index < -0.39 is 0 Å². The molecule has 3 aromatic rings. The van der Waals surface area contributed by atoms with Gasteiger partial charge in [-0.15, -0.1) is 23.1 Å². The minimum Gasteiger partial charge on any atom is -0.344 e. The topological polar surface area (TPSA) is 58.2 Å². The molecule has 2 aromatic carbocycles. The molecule has 156 valence electrons. The molecule has 6 heteroatoms. The number of hydrogen-bond donors (Lipinski definition) is 2. The fourth-order valence-corrected chi connectivity index (χ4v) is 4.64. The van der Waals surface area contributed by atoms with Gasteiger partial charge in [0.2, 0.25) is 11.8 Å². The zero-order chi connectivity index (χ0) is 21.3. The first-order chi connectivity index (χ1) is 14.5. The number of aryl methyl sites for hydroxylation is 1. The van der Waals surface area contributed by atoms with Crippen LogP contribution in [0.4, 0.5) is 5.69 Å². The van der Waals surface area contributed by atoms with Gasteiger partial charge in [-0.2, -0.15) is 0 Å². The fourth-order valence-electron chi connectivity index (χ4n) is 3.13. The standard InChI is InChI=1S/C24H26N2O2S2/c1-3-5-18-7-9-19(10-8-18)24(22-6-4-15-29-22)26-23(28)16-30-21-13-11-20(12-14-21)25-17(2)27/h4,6-15,24H,3,5,16H2,1-2H3,(H,25,27)(H,26,28). The Morgan fingerprint density at radius 2 is 1.77 bits per heavy atom. The molecule has 0 radical (unpaired) electrons. The summed E-state index contributed by atoms with van der Waals surface area (Å²) in [7, 11) is 0. The van der Waals surface area contributed by atoms with Gasteiger partial charge in [-0.1, -0.05) is 43.7 Å². The Morgan fingerprint density at radius 3 is 2.37 bits per heavy atom. The molecule has 0 spiro atoms. The number of thioether (sulfide) groups is 1. The van der Waals surface area contributed by atoms with Gasteiger partial charge in [0.1, 0.15) is 0 Å². The quantitative estimate of drug-likeness (QED) is 0.424. The normalized spacial score (nSPS) is 11.7. The molecule has 0 aliphatic rings. The van der Waals surface area contributed by atoms with Crippen molar-refractivity contribution in [1.29, 1.82) is 0 Å². The van der Waals surface area contributed by atoms with Crippen molar-refractivity contribution in [3.8, 4) is 0 Å². The van der Waals surface area contributed by atoms with Crippen LogP contribution in [0.15, 0.2) is 70.9 Å². The first-order valence-corrected chi connectivity index (χ1v) is 11.8. The van der Waals surface area contributed by atoms with Crippen LogP contribution in [0.2, 0.25) is 0 Å². The zero-order valence-electron chi connectivity index (χ0n) is 17.2. The summed E-state index contributed by atoms with van der Waals surface area (Å²) in [5.41, 5.74) is 3.16. The average molecular weight is 439 g/mol. The van der Waals surface area contributed by atoms with Gasteiger partial charge < -0.3 is 10.6 Å². The van der Waals surface area contributed by atoms with E-state index in [1.165, 1.54) is 24.2 Å². The number of carbonyl (C=O) groups is 2. The van der Waals surface area contributed by atoms with Gasteiger partial charge in [-0.3, -0.25) is 9.59 Å². The Labute approximate surface area is 186 Å². The third-order valence-electron chi connectivity index (χ3n) is 4.53. The third-order valence-corrected chi connectivity index (χ3v) is 6.48. The summed E-state index contributed by atoms with van der Waals surface area (Å²) in [4.78, 5) is 25.9. The van der Waals surface area contributed by atoms with Gasteiger partial charge >= 0.3 is 0 Å². The summed E-state index contributed by atoms with van der Waals surface area (Å²) in [5, 5.41) is 7.96. The van der Waals surface area contributed by atoms with Crippen LogP contribution >= 0.6 is 23.1 Å². The van der Waals surface area contributed by atoms with E-state index in [2.05, 4.69) is 47.9 Å². The first-order valence-electron chi connectivity index (χ1n) is 9.97. The van der Waals surface area contributed by atoms with Crippen LogP contribution in [-0.2, 0) is 16.0 Å². The SMILES string of the molecule is CCCc1ccc(C(NC(=O)CSc2ccc(NC(C)=O)cc2)c2cccs2)cc1. The van der Waals surface area contributed by atoms with Crippen molar-refractivity contribution in [2.45, 2.75) is 37.6 Å². The summed E-state index contributed by atoms with van der Waals surface area (Å²) in [6, 6.07) is 20.0. The van der Waals surface area contributed by atoms with E-state index in [0.29, 0.717) is 5.75 Å². The molecule has 0 fully saturated rings. The maximum atomic E-state index is 12.7. The lowest BCUT2D eigenvalue weighted by Crippen LogP contribution is -2.30. The Hall–Kier alpha value is -2.57. The number of benzene rings is 2. The summed E-state index contributed by atoms with van der Waals surface area (Å²) in [6.45, 7) is 3.65. The largest absolute Gasteiger partial charge is 0.344 e. The van der Waals surface area contributed by atoms with Crippen LogP contribution in [0.3, 0.4) is 0 Å². The van der Waals surface area contributed by atoms with E-state index >= 15 is 0 Å². The van der Waals surface area contributed by atoms with Gasteiger partial charge in [0.25, 0.3) is 0 Å². The molecule has 30 heavy (non-hydrogen) atoms. The van der Waals surface area contributed by atoms with Crippen LogP contribution in [0, 0.1) is 0 Å². The van der Waals surface area contributed by atoms with E-state index in [4.69, 9.17) is 0 Å². The van der Waals surface area contributed by atoms with Crippen molar-refractivity contribution in [3.05, 3.63) is 82.0 Å². The number of thiophene rings is 1. The van der Waals surface area contributed by atoms with Gasteiger partial charge in [0.15, 0.2) is 0 Å². The second kappa shape index (κ2) is 11.0. The molecule has 0 aliphatic carbocycles. The predicted molar refractivity (Wildman–Crippen MR) is 126 cm³/mol. The highest BCUT2D eigenvalue weighted by atomic mass is 32.2. The van der Waals surface area contributed by atoms with Gasteiger partial charge in [-0.05, 0) is 53.3 Å². The minimum absolute atomic E-state index is 0.0121. The van der Waals surface area contributed by atoms with Crippen LogP contribution in [0.25, 0.3) is 0 Å². The molecular formula is C24H26N2O2S2. The molecule has 2 amide bonds. The van der Waals surface area contributed by atoms with E-state index in [0.717, 1.165) is 33.9 Å². The summed E-state index contributed by atoms with van der Waals surface area (Å²) >= 11 is 3.13. The molecule has 1 unspecified atom stereocenters. The molecule has 4 nitrogen and oxygen atoms in total. The Balaban J connectivity index is 1.63. The summed E-state index contributed by atoms with van der Waals surface area (Å²) in [5.74, 6) is 0.217. The molecule has 0 saturated carbocycles. The molecule has 0 saturated heterocycles. The van der Waals surface area contributed by atoms with Gasteiger partial charge in [0.05, 0.1) is 11.8 Å². The van der Waals surface area contributed by atoms with Crippen LogP contribution in [0.5, 0.6) is 0 Å². The number of hydrogen-bond acceptors (Lipinski definition) is 4. The lowest BCUT2D eigenvalue weighted by atomic mass is 10.0. The highest BCUT2D eigenvalue weighted by molar-refractivity contribution is 8.00. The molecule has 3 rings (SSSR count). The van der Waals surface area contributed by atoms with Crippen LogP contribution in [-0.4, -0.2) is 17.6 Å². The Morgan fingerprint density at radius 1 is 1.03 bits per heavy atom. The third kappa shape index (κ3) is 6.47. The monoisotopic (exact) mass is 438 g/mol. The van der Waals surface area contributed by atoms with E-state index in [1.807, 2.05) is 35.7 Å². The maximum absolute atomic E-state index is 12.7. The second-order valence-corrected chi connectivity index (χ2v) is 9.03. The maximum Gasteiger partial charge on any atom is 0.231 e. The van der Waals surface area contributed by atoms with Crippen LogP contribution < -0.4 is 10.6 Å². The average Bonchev–Trinajstić information content (AvgIpc) is 3.27. The van der Waals surface area contributed by atoms with E-state index in [1.54, 1.807) is 11.3 Å². The van der Waals surface area contributed by atoms with Gasteiger partial charge in [-0.25, -0.2) is 0 Å². The molecule has 0 aliphatic heterocycles. The lowest BCUT2D eigenvalue weighted by molar-refractivity contribution is -0.119.